The molecule has 0 saturated heterocycles. The van der Waals surface area contributed by atoms with Crippen LogP contribution in [0.1, 0.15) is 73.1 Å². The van der Waals surface area contributed by atoms with Crippen molar-refractivity contribution in [1.82, 2.24) is 0 Å². The largest absolute Gasteiger partial charge is 0.511 e. The van der Waals surface area contributed by atoms with Crippen LogP contribution < -0.4 is 0 Å². The van der Waals surface area contributed by atoms with Crippen LogP contribution in [-0.4, -0.2) is 16.2 Å². The van der Waals surface area contributed by atoms with Gasteiger partial charge >= 0.3 is 0 Å². The van der Waals surface area contributed by atoms with E-state index in [1.807, 2.05) is 33.8 Å². The van der Waals surface area contributed by atoms with Gasteiger partial charge in [0.1, 0.15) is 11.5 Å². The Bertz CT molecular complexity index is 495. The first-order valence-corrected chi connectivity index (χ1v) is 11.9. The molecule has 0 bridgehead atoms. The normalized spacial score (nSPS) is 33.3. The molecule has 3 heteroatoms. The molecule has 3 fully saturated rings. The molecule has 3 aliphatic rings. The first-order chi connectivity index (χ1) is 13.1. The average Bonchev–Trinajstić information content (AvgIpc) is 3.12. The summed E-state index contributed by atoms with van der Waals surface area (Å²) in [5.41, 5.74) is 1.51. The first kappa shape index (κ1) is 26.2. The molecule has 0 aromatic rings. The van der Waals surface area contributed by atoms with Crippen LogP contribution in [0.25, 0.3) is 0 Å². The number of allylic oxidation sites excluding steroid dienone is 4. The molecule has 156 valence electrons. The number of carbonyl (C=O) groups is 1. The van der Waals surface area contributed by atoms with Gasteiger partial charge in [-0.2, -0.15) is 0 Å². The van der Waals surface area contributed by atoms with Crippen molar-refractivity contribution in [3.8, 4) is 0 Å². The lowest BCUT2D eigenvalue weighted by Gasteiger charge is -2.46. The van der Waals surface area contributed by atoms with Gasteiger partial charge in [0.15, 0.2) is 0 Å². The Hall–Kier alpha value is -0.830. The lowest BCUT2D eigenvalue weighted by molar-refractivity contribution is -0.122. The van der Waals surface area contributed by atoms with Gasteiger partial charge in [0.2, 0.25) is 0 Å². The molecule has 0 aromatic heterocycles. The molecular formula is C24H41BrO2. The van der Waals surface area contributed by atoms with E-state index in [9.17, 15) is 9.90 Å². The Morgan fingerprint density at radius 2 is 1.59 bits per heavy atom. The summed E-state index contributed by atoms with van der Waals surface area (Å²) in [5, 5.41) is 10.2. The summed E-state index contributed by atoms with van der Waals surface area (Å²) in [5.74, 6) is 3.88. The lowest BCUT2D eigenvalue weighted by atomic mass is 9.58. The maximum absolute atomic E-state index is 12.0. The van der Waals surface area contributed by atoms with Crippen LogP contribution in [0.4, 0.5) is 0 Å². The molecule has 0 aliphatic heterocycles. The van der Waals surface area contributed by atoms with E-state index in [0.717, 1.165) is 25.7 Å². The van der Waals surface area contributed by atoms with E-state index in [-0.39, 0.29) is 0 Å². The Morgan fingerprint density at radius 1 is 1.04 bits per heavy atom. The van der Waals surface area contributed by atoms with E-state index in [0.29, 0.717) is 46.5 Å². The van der Waals surface area contributed by atoms with Crippen molar-refractivity contribution in [1.29, 1.82) is 0 Å². The molecule has 5 atom stereocenters. The first-order valence-electron chi connectivity index (χ1n) is 10.8. The van der Waals surface area contributed by atoms with Gasteiger partial charge in [-0.15, -0.1) is 13.2 Å². The second-order valence-electron chi connectivity index (χ2n) is 7.06. The molecule has 0 heterocycles. The SMILES string of the molecule is C=C.CC.CC.CC1CCC2C(CCC3C(=O)CCC32)/C1=C/C=C(/O)CBr. The summed E-state index contributed by atoms with van der Waals surface area (Å²) < 4.78 is 0. The highest BCUT2D eigenvalue weighted by molar-refractivity contribution is 9.09. The van der Waals surface area contributed by atoms with E-state index in [1.54, 1.807) is 0 Å². The van der Waals surface area contributed by atoms with Crippen molar-refractivity contribution in [3.63, 3.8) is 0 Å². The number of aliphatic hydroxyl groups is 1. The fraction of sp³-hybridized carbons (Fsp3) is 0.708. The topological polar surface area (TPSA) is 37.3 Å². The maximum Gasteiger partial charge on any atom is 0.136 e. The quantitative estimate of drug-likeness (QED) is 0.271. The number of halogens is 1. The highest BCUT2D eigenvalue weighted by Gasteiger charge is 2.48. The van der Waals surface area contributed by atoms with Crippen molar-refractivity contribution in [2.45, 2.75) is 73.1 Å². The van der Waals surface area contributed by atoms with Crippen LogP contribution in [0.3, 0.4) is 0 Å². The molecule has 2 nitrogen and oxygen atoms in total. The van der Waals surface area contributed by atoms with Crippen LogP contribution in [0.2, 0.25) is 0 Å². The van der Waals surface area contributed by atoms with Crippen LogP contribution in [0, 0.1) is 29.6 Å². The smallest absolute Gasteiger partial charge is 0.136 e. The monoisotopic (exact) mass is 440 g/mol. The predicted octanol–water partition coefficient (Wildman–Crippen LogP) is 7.66. The van der Waals surface area contributed by atoms with E-state index in [4.69, 9.17) is 0 Å². The average molecular weight is 441 g/mol. The Labute approximate surface area is 176 Å². The summed E-state index contributed by atoms with van der Waals surface area (Å²) in [4.78, 5) is 12.0. The number of hydrogen-bond acceptors (Lipinski definition) is 2. The number of aliphatic hydroxyl groups excluding tert-OH is 1. The molecule has 3 saturated carbocycles. The number of alkyl halides is 1. The van der Waals surface area contributed by atoms with Gasteiger partial charge in [-0.1, -0.05) is 62.2 Å². The van der Waals surface area contributed by atoms with Crippen LogP contribution in [0.5, 0.6) is 0 Å². The van der Waals surface area contributed by atoms with Gasteiger partial charge in [0.05, 0.1) is 5.33 Å². The van der Waals surface area contributed by atoms with Crippen molar-refractivity contribution >= 4 is 21.7 Å². The minimum atomic E-state index is 0.368. The zero-order valence-electron chi connectivity index (χ0n) is 18.1. The summed E-state index contributed by atoms with van der Waals surface area (Å²) in [6.45, 7) is 16.3. The zero-order valence-corrected chi connectivity index (χ0v) is 19.7. The Morgan fingerprint density at radius 3 is 2.19 bits per heavy atom. The van der Waals surface area contributed by atoms with Gasteiger partial charge < -0.3 is 5.11 Å². The Kier molecular flexibility index (Phi) is 13.8. The molecule has 0 radical (unpaired) electrons. The number of rotatable bonds is 2. The highest BCUT2D eigenvalue weighted by atomic mass is 79.9. The molecule has 5 unspecified atom stereocenters. The van der Waals surface area contributed by atoms with Crippen molar-refractivity contribution < 1.29 is 9.90 Å². The maximum atomic E-state index is 12.0. The van der Waals surface area contributed by atoms with E-state index < -0.39 is 0 Å². The van der Waals surface area contributed by atoms with Gasteiger partial charge in [0.25, 0.3) is 0 Å². The molecular weight excluding hydrogens is 400 g/mol. The van der Waals surface area contributed by atoms with Crippen molar-refractivity contribution in [3.05, 3.63) is 36.6 Å². The molecule has 0 aromatic carbocycles. The lowest BCUT2D eigenvalue weighted by Crippen LogP contribution is -2.38. The van der Waals surface area contributed by atoms with E-state index >= 15 is 0 Å². The van der Waals surface area contributed by atoms with Crippen LogP contribution >= 0.6 is 15.9 Å². The fourth-order valence-corrected chi connectivity index (χ4v) is 5.21. The standard InChI is InChI=1S/C18H25BrO2.2C2H6.C2H4/c1-11-2-4-15-14(13(11)5-3-12(20)10-19)6-7-17-16(15)8-9-18(17)21;3*1-2/h3,5,11,14-17,20H,2,4,6-10H2,1H3;2*1-2H3;1-2H2/b12-3+,13-5+;;;. The molecule has 3 rings (SSSR count). The van der Waals surface area contributed by atoms with Gasteiger partial charge in [-0.25, -0.2) is 0 Å². The minimum absolute atomic E-state index is 0.368. The molecule has 0 amide bonds. The van der Waals surface area contributed by atoms with Crippen molar-refractivity contribution in [2.24, 2.45) is 29.6 Å². The highest BCUT2D eigenvalue weighted by Crippen LogP contribution is 2.54. The van der Waals surface area contributed by atoms with Gasteiger partial charge in [-0.3, -0.25) is 4.79 Å². The predicted molar refractivity (Wildman–Crippen MR) is 122 cm³/mol. The fourth-order valence-electron chi connectivity index (χ4n) is 5.02. The van der Waals surface area contributed by atoms with Gasteiger partial charge in [-0.05, 0) is 61.9 Å². The second kappa shape index (κ2) is 14.2. The van der Waals surface area contributed by atoms with Crippen LogP contribution in [0.15, 0.2) is 36.6 Å². The van der Waals surface area contributed by atoms with Crippen LogP contribution in [-0.2, 0) is 4.79 Å². The number of hydrogen-bond donors (Lipinski definition) is 1. The summed E-state index contributed by atoms with van der Waals surface area (Å²) in [6.07, 6.45) is 10.7. The number of Topliss-reactive ketones (excluding diaryl/α,β-unsaturated/α-hetero) is 1. The van der Waals surface area contributed by atoms with E-state index in [1.165, 1.54) is 18.4 Å². The third kappa shape index (κ3) is 6.62. The molecule has 3 aliphatic carbocycles. The number of ketones is 1. The zero-order chi connectivity index (χ0) is 21.0. The third-order valence-corrected chi connectivity index (χ3v) is 6.62. The molecule has 0 spiro atoms. The molecule has 1 N–H and O–H groups in total. The number of carbonyl (C=O) groups excluding carboxylic acids is 1. The number of fused-ring (bicyclic) bond motifs is 3. The molecule has 27 heavy (non-hydrogen) atoms. The van der Waals surface area contributed by atoms with E-state index in [2.05, 4.69) is 42.1 Å². The third-order valence-electron chi connectivity index (χ3n) is 6.05. The minimum Gasteiger partial charge on any atom is -0.511 e. The Balaban J connectivity index is 0.00000103. The second-order valence-corrected chi connectivity index (χ2v) is 7.62. The summed E-state index contributed by atoms with van der Waals surface area (Å²) in [6, 6.07) is 0. The summed E-state index contributed by atoms with van der Waals surface area (Å²) >= 11 is 3.28. The summed E-state index contributed by atoms with van der Waals surface area (Å²) in [7, 11) is 0. The van der Waals surface area contributed by atoms with Gasteiger partial charge in [0, 0.05) is 12.3 Å². The van der Waals surface area contributed by atoms with Crippen molar-refractivity contribution in [2.75, 3.05) is 5.33 Å².